The third-order valence-electron chi connectivity index (χ3n) is 4.00. The highest BCUT2D eigenvalue weighted by Gasteiger charge is 2.19. The van der Waals surface area contributed by atoms with Gasteiger partial charge in [-0.1, -0.05) is 5.16 Å². The highest BCUT2D eigenvalue weighted by molar-refractivity contribution is 5.96. The van der Waals surface area contributed by atoms with E-state index in [1.54, 1.807) is 10.9 Å². The first kappa shape index (κ1) is 13.6. The van der Waals surface area contributed by atoms with Crippen LogP contribution < -0.4 is 0 Å². The first-order valence-corrected chi connectivity index (χ1v) is 7.17. The van der Waals surface area contributed by atoms with Gasteiger partial charge < -0.3 is 0 Å². The standard InChI is InChI=1S/C15H15N7O/c1-8-14(20-23-19-8)11-5-12(10-6-16-21(3)7-10)17-15-13(11)9(2)22(4)18-15/h5-7H,1-4H3. The normalized spacial score (nSPS) is 11.5. The van der Waals surface area contributed by atoms with Gasteiger partial charge in [-0.3, -0.25) is 9.36 Å². The largest absolute Gasteiger partial charge is 0.275 e. The van der Waals surface area contributed by atoms with Gasteiger partial charge in [0.25, 0.3) is 0 Å². The molecule has 0 aliphatic heterocycles. The Morgan fingerprint density at radius 2 is 1.96 bits per heavy atom. The minimum Gasteiger partial charge on any atom is -0.275 e. The summed E-state index contributed by atoms with van der Waals surface area (Å²) in [7, 11) is 3.78. The zero-order valence-electron chi connectivity index (χ0n) is 13.3. The lowest BCUT2D eigenvalue weighted by atomic mass is 10.0. The van der Waals surface area contributed by atoms with Gasteiger partial charge in [-0.15, -0.1) is 0 Å². The van der Waals surface area contributed by atoms with Crippen molar-refractivity contribution < 1.29 is 4.63 Å². The molecule has 0 aliphatic rings. The van der Waals surface area contributed by atoms with Crippen LogP contribution >= 0.6 is 0 Å². The summed E-state index contributed by atoms with van der Waals surface area (Å²) in [4.78, 5) is 4.68. The van der Waals surface area contributed by atoms with E-state index in [2.05, 4.69) is 25.5 Å². The molecule has 8 heteroatoms. The van der Waals surface area contributed by atoms with Gasteiger partial charge in [0.15, 0.2) is 5.65 Å². The van der Waals surface area contributed by atoms with Crippen LogP contribution in [0.1, 0.15) is 11.4 Å². The molecule has 0 saturated heterocycles. The van der Waals surface area contributed by atoms with E-state index in [0.29, 0.717) is 11.3 Å². The molecule has 4 aromatic heterocycles. The first-order chi connectivity index (χ1) is 11.0. The Morgan fingerprint density at radius 3 is 2.61 bits per heavy atom. The number of pyridine rings is 1. The summed E-state index contributed by atoms with van der Waals surface area (Å²) in [5.74, 6) is 0. The highest BCUT2D eigenvalue weighted by Crippen LogP contribution is 2.33. The van der Waals surface area contributed by atoms with Crippen molar-refractivity contribution in [1.29, 1.82) is 0 Å². The van der Waals surface area contributed by atoms with E-state index in [4.69, 9.17) is 4.63 Å². The fourth-order valence-corrected chi connectivity index (χ4v) is 2.70. The summed E-state index contributed by atoms with van der Waals surface area (Å²) in [5, 5.41) is 17.6. The van der Waals surface area contributed by atoms with Gasteiger partial charge in [0.2, 0.25) is 0 Å². The molecule has 0 aliphatic carbocycles. The van der Waals surface area contributed by atoms with E-state index in [0.717, 1.165) is 33.6 Å². The Bertz CT molecular complexity index is 1020. The van der Waals surface area contributed by atoms with Gasteiger partial charge in [0.05, 0.1) is 17.3 Å². The second kappa shape index (κ2) is 4.73. The quantitative estimate of drug-likeness (QED) is 0.563. The number of aromatic nitrogens is 7. The minimum atomic E-state index is 0.670. The first-order valence-electron chi connectivity index (χ1n) is 7.17. The topological polar surface area (TPSA) is 87.4 Å². The fraction of sp³-hybridized carbons (Fsp3) is 0.267. The van der Waals surface area contributed by atoms with E-state index in [-0.39, 0.29) is 0 Å². The molecule has 4 heterocycles. The zero-order chi connectivity index (χ0) is 16.1. The zero-order valence-corrected chi connectivity index (χ0v) is 13.3. The van der Waals surface area contributed by atoms with Crippen LogP contribution in [-0.4, -0.2) is 34.9 Å². The molecule has 0 spiro atoms. The van der Waals surface area contributed by atoms with Gasteiger partial charge in [0.1, 0.15) is 11.4 Å². The molecule has 0 saturated carbocycles. The van der Waals surface area contributed by atoms with E-state index >= 15 is 0 Å². The van der Waals surface area contributed by atoms with Crippen molar-refractivity contribution >= 4 is 11.0 Å². The van der Waals surface area contributed by atoms with Crippen LogP contribution in [0.3, 0.4) is 0 Å². The van der Waals surface area contributed by atoms with Crippen LogP contribution in [-0.2, 0) is 14.1 Å². The maximum Gasteiger partial charge on any atom is 0.182 e. The summed E-state index contributed by atoms with van der Waals surface area (Å²) in [6, 6.07) is 1.99. The van der Waals surface area contributed by atoms with Crippen molar-refractivity contribution in [2.24, 2.45) is 14.1 Å². The second-order valence-electron chi connectivity index (χ2n) is 5.56. The molecule has 0 unspecified atom stereocenters. The third kappa shape index (κ3) is 2.02. The van der Waals surface area contributed by atoms with Crippen LogP contribution in [0.25, 0.3) is 33.5 Å². The lowest BCUT2D eigenvalue weighted by molar-refractivity contribution is 0.306. The van der Waals surface area contributed by atoms with Crippen molar-refractivity contribution in [3.8, 4) is 22.5 Å². The van der Waals surface area contributed by atoms with Gasteiger partial charge in [-0.05, 0) is 25.1 Å². The summed E-state index contributed by atoms with van der Waals surface area (Å²) in [5.41, 5.74) is 5.76. The van der Waals surface area contributed by atoms with Gasteiger partial charge in [0, 0.05) is 37.1 Å². The van der Waals surface area contributed by atoms with E-state index in [9.17, 15) is 0 Å². The summed E-state index contributed by atoms with van der Waals surface area (Å²) < 4.78 is 8.44. The number of fused-ring (bicyclic) bond motifs is 1. The monoisotopic (exact) mass is 309 g/mol. The van der Waals surface area contributed by atoms with E-state index < -0.39 is 0 Å². The lowest BCUT2D eigenvalue weighted by Crippen LogP contribution is -1.92. The Hall–Kier alpha value is -3.03. The smallest absolute Gasteiger partial charge is 0.182 e. The predicted octanol–water partition coefficient (Wildman–Crippen LogP) is 2.04. The number of hydrogen-bond acceptors (Lipinski definition) is 6. The molecule has 0 N–H and O–H groups in total. The average Bonchev–Trinajstić information content (AvgIpc) is 3.20. The lowest BCUT2D eigenvalue weighted by Gasteiger charge is -2.04. The molecule has 4 aromatic rings. The SMILES string of the molecule is Cc1nonc1-c1cc(-c2cnn(C)c2)nc2nn(C)c(C)c12. The van der Waals surface area contributed by atoms with Crippen LogP contribution in [0.2, 0.25) is 0 Å². The second-order valence-corrected chi connectivity index (χ2v) is 5.56. The molecular weight excluding hydrogens is 294 g/mol. The molecule has 0 aromatic carbocycles. The van der Waals surface area contributed by atoms with Crippen LogP contribution in [0.15, 0.2) is 23.1 Å². The molecule has 116 valence electrons. The Kier molecular flexibility index (Phi) is 2.80. The summed E-state index contributed by atoms with van der Waals surface area (Å²) >= 11 is 0. The van der Waals surface area contributed by atoms with E-state index in [1.165, 1.54) is 0 Å². The predicted molar refractivity (Wildman–Crippen MR) is 83.5 cm³/mol. The molecule has 8 nitrogen and oxygen atoms in total. The number of hydrogen-bond donors (Lipinski definition) is 0. The highest BCUT2D eigenvalue weighted by atomic mass is 16.6. The van der Waals surface area contributed by atoms with E-state index in [1.807, 2.05) is 44.9 Å². The molecule has 4 rings (SSSR count). The van der Waals surface area contributed by atoms with Crippen LogP contribution in [0.5, 0.6) is 0 Å². The molecule has 23 heavy (non-hydrogen) atoms. The molecule has 0 radical (unpaired) electrons. The molecule has 0 bridgehead atoms. The van der Waals surface area contributed by atoms with Gasteiger partial charge in [-0.25, -0.2) is 9.61 Å². The number of aryl methyl sites for hydroxylation is 4. The fourth-order valence-electron chi connectivity index (χ4n) is 2.70. The Morgan fingerprint density at radius 1 is 1.13 bits per heavy atom. The van der Waals surface area contributed by atoms with Crippen molar-refractivity contribution in [3.63, 3.8) is 0 Å². The average molecular weight is 309 g/mol. The maximum absolute atomic E-state index is 4.88. The van der Waals surface area contributed by atoms with Crippen molar-refractivity contribution in [2.45, 2.75) is 13.8 Å². The maximum atomic E-state index is 4.88. The molecule has 0 fully saturated rings. The Balaban J connectivity index is 2.07. The van der Waals surface area contributed by atoms with Gasteiger partial charge in [-0.2, -0.15) is 10.2 Å². The third-order valence-corrected chi connectivity index (χ3v) is 4.00. The molecule has 0 atom stereocenters. The minimum absolute atomic E-state index is 0.670. The van der Waals surface area contributed by atoms with Crippen molar-refractivity contribution in [3.05, 3.63) is 29.8 Å². The number of nitrogens with zero attached hydrogens (tertiary/aromatic N) is 7. The van der Waals surface area contributed by atoms with Crippen molar-refractivity contribution in [2.75, 3.05) is 0 Å². The van der Waals surface area contributed by atoms with Crippen molar-refractivity contribution in [1.82, 2.24) is 34.9 Å². The Labute approximate surface area is 131 Å². The number of rotatable bonds is 2. The van der Waals surface area contributed by atoms with Crippen LogP contribution in [0, 0.1) is 13.8 Å². The molecular formula is C15H15N7O. The van der Waals surface area contributed by atoms with Crippen LogP contribution in [0.4, 0.5) is 0 Å². The summed E-state index contributed by atoms with van der Waals surface area (Å²) in [6.07, 6.45) is 3.70. The molecule has 0 amide bonds. The summed E-state index contributed by atoms with van der Waals surface area (Å²) in [6.45, 7) is 3.88. The van der Waals surface area contributed by atoms with Gasteiger partial charge >= 0.3 is 0 Å².